The van der Waals surface area contributed by atoms with Crippen LogP contribution in [0.2, 0.25) is 0 Å². The van der Waals surface area contributed by atoms with E-state index in [9.17, 15) is 9.59 Å². The first-order valence-electron chi connectivity index (χ1n) is 13.8. The molecule has 178 valence electrons. The molecule has 8 rings (SSSR count). The molecule has 0 aliphatic heterocycles. The number of esters is 2. The zero-order valence-corrected chi connectivity index (χ0v) is 19.8. The van der Waals surface area contributed by atoms with Crippen molar-refractivity contribution in [2.75, 3.05) is 13.2 Å². The van der Waals surface area contributed by atoms with Crippen molar-refractivity contribution in [3.63, 3.8) is 0 Å². The van der Waals surface area contributed by atoms with Crippen LogP contribution in [0.3, 0.4) is 0 Å². The maximum Gasteiger partial charge on any atom is 0.306 e. The minimum Gasteiger partial charge on any atom is -0.466 e. The molecular weight excluding hydrogens is 400 g/mol. The van der Waals surface area contributed by atoms with Gasteiger partial charge in [-0.25, -0.2) is 0 Å². The summed E-state index contributed by atoms with van der Waals surface area (Å²) in [7, 11) is 0. The van der Waals surface area contributed by atoms with Gasteiger partial charge in [0.25, 0.3) is 0 Å². The summed E-state index contributed by atoms with van der Waals surface area (Å²) < 4.78 is 11.1. The van der Waals surface area contributed by atoms with Gasteiger partial charge in [0, 0.05) is 0 Å². The lowest BCUT2D eigenvalue weighted by atomic mass is 9.49. The van der Waals surface area contributed by atoms with Gasteiger partial charge in [0.2, 0.25) is 0 Å². The Kier molecular flexibility index (Phi) is 5.57. The van der Waals surface area contributed by atoms with E-state index < -0.39 is 0 Å². The monoisotopic (exact) mass is 442 g/mol. The average Bonchev–Trinajstić information content (AvgIpc) is 2.70. The predicted molar refractivity (Wildman–Crippen MR) is 122 cm³/mol. The molecule has 0 amide bonds. The summed E-state index contributed by atoms with van der Waals surface area (Å²) in [5.74, 6) is 5.15. The topological polar surface area (TPSA) is 52.6 Å². The smallest absolute Gasteiger partial charge is 0.306 e. The summed E-state index contributed by atoms with van der Waals surface area (Å²) in [6, 6.07) is 0. The lowest BCUT2D eigenvalue weighted by molar-refractivity contribution is -0.152. The van der Waals surface area contributed by atoms with Crippen LogP contribution in [0, 0.1) is 46.3 Å². The van der Waals surface area contributed by atoms with Gasteiger partial charge in [-0.2, -0.15) is 0 Å². The first kappa shape index (κ1) is 21.5. The van der Waals surface area contributed by atoms with Gasteiger partial charge in [0.1, 0.15) is 0 Å². The SMILES string of the molecule is O=C(CCC(=O)OCCC12CC3CC(CC(C3)C1)C2)OCCC12CC3CC(CC(C3)C1)C2. The number of ether oxygens (including phenoxy) is 2. The van der Waals surface area contributed by atoms with Crippen molar-refractivity contribution in [1.82, 2.24) is 0 Å². The van der Waals surface area contributed by atoms with Crippen LogP contribution in [-0.4, -0.2) is 25.2 Å². The van der Waals surface area contributed by atoms with E-state index in [2.05, 4.69) is 0 Å². The van der Waals surface area contributed by atoms with Gasteiger partial charge in [-0.15, -0.1) is 0 Å². The van der Waals surface area contributed by atoms with E-state index in [0.717, 1.165) is 48.3 Å². The second-order valence-electron chi connectivity index (χ2n) is 13.3. The molecular formula is C28H42O4. The standard InChI is InChI=1S/C28H42O4/c29-25(31-5-3-27-13-19-7-20(14-27)9-21(8-19)15-27)1-2-26(30)32-6-4-28-16-22-10-23(17-28)12-24(11-22)18-28/h19-24H,1-18H2. The van der Waals surface area contributed by atoms with Crippen LogP contribution in [0.15, 0.2) is 0 Å². The second-order valence-corrected chi connectivity index (χ2v) is 13.3. The van der Waals surface area contributed by atoms with E-state index in [1.165, 1.54) is 77.0 Å². The highest BCUT2D eigenvalue weighted by Gasteiger charge is 2.51. The van der Waals surface area contributed by atoms with Crippen LogP contribution in [-0.2, 0) is 19.1 Å². The number of rotatable bonds is 9. The third-order valence-corrected chi connectivity index (χ3v) is 10.7. The summed E-state index contributed by atoms with van der Waals surface area (Å²) in [6.07, 6.45) is 19.2. The Morgan fingerprint density at radius 3 is 1.09 bits per heavy atom. The van der Waals surface area contributed by atoms with E-state index in [1.54, 1.807) is 0 Å². The van der Waals surface area contributed by atoms with Gasteiger partial charge in [-0.3, -0.25) is 9.59 Å². The third kappa shape index (κ3) is 4.37. The Labute approximate surface area is 193 Å². The van der Waals surface area contributed by atoms with Crippen molar-refractivity contribution in [2.45, 2.75) is 103 Å². The van der Waals surface area contributed by atoms with Crippen molar-refractivity contribution in [1.29, 1.82) is 0 Å². The molecule has 0 atom stereocenters. The highest BCUT2D eigenvalue weighted by Crippen LogP contribution is 2.62. The molecule has 32 heavy (non-hydrogen) atoms. The first-order valence-corrected chi connectivity index (χ1v) is 13.8. The summed E-state index contributed by atoms with van der Waals surface area (Å²) in [5.41, 5.74) is 0.899. The van der Waals surface area contributed by atoms with E-state index in [1.807, 2.05) is 0 Å². The van der Waals surface area contributed by atoms with Crippen molar-refractivity contribution >= 4 is 11.9 Å². The fourth-order valence-corrected chi connectivity index (χ4v) is 10.3. The van der Waals surface area contributed by atoms with Crippen molar-refractivity contribution in [3.05, 3.63) is 0 Å². The molecule has 4 heteroatoms. The van der Waals surface area contributed by atoms with Crippen LogP contribution in [0.4, 0.5) is 0 Å². The number of hydrogen-bond acceptors (Lipinski definition) is 4. The van der Waals surface area contributed by atoms with E-state index in [4.69, 9.17) is 9.47 Å². The molecule has 0 heterocycles. The Bertz CT molecular complexity index is 607. The normalized spacial score (nSPS) is 45.2. The highest BCUT2D eigenvalue weighted by atomic mass is 16.5. The van der Waals surface area contributed by atoms with Crippen LogP contribution in [0.1, 0.15) is 103 Å². The average molecular weight is 443 g/mol. The Balaban J connectivity index is 0.874. The summed E-state index contributed by atoms with van der Waals surface area (Å²) in [6.45, 7) is 1.07. The quantitative estimate of drug-likeness (QED) is 0.407. The molecule has 0 N–H and O–H groups in total. The maximum atomic E-state index is 12.2. The molecule has 0 aromatic heterocycles. The van der Waals surface area contributed by atoms with Gasteiger partial charge in [-0.1, -0.05) is 0 Å². The Morgan fingerprint density at radius 1 is 0.531 bits per heavy atom. The second kappa shape index (κ2) is 8.31. The molecule has 0 unspecified atom stereocenters. The summed E-state index contributed by atoms with van der Waals surface area (Å²) in [4.78, 5) is 24.4. The fourth-order valence-electron chi connectivity index (χ4n) is 10.3. The van der Waals surface area contributed by atoms with E-state index in [0.29, 0.717) is 24.0 Å². The molecule has 8 bridgehead atoms. The van der Waals surface area contributed by atoms with Gasteiger partial charge < -0.3 is 9.47 Å². The van der Waals surface area contributed by atoms with Crippen molar-refractivity contribution in [3.8, 4) is 0 Å². The Morgan fingerprint density at radius 2 is 0.812 bits per heavy atom. The molecule has 0 aromatic rings. The minimum absolute atomic E-state index is 0.164. The van der Waals surface area contributed by atoms with Crippen LogP contribution in [0.5, 0.6) is 0 Å². The lowest BCUT2D eigenvalue weighted by Crippen LogP contribution is -2.46. The molecule has 0 aromatic carbocycles. The highest BCUT2D eigenvalue weighted by molar-refractivity contribution is 5.77. The van der Waals surface area contributed by atoms with Crippen molar-refractivity contribution in [2.24, 2.45) is 46.3 Å². The molecule has 8 aliphatic carbocycles. The van der Waals surface area contributed by atoms with Crippen molar-refractivity contribution < 1.29 is 19.1 Å². The molecule has 8 saturated carbocycles. The minimum atomic E-state index is -0.229. The summed E-state index contributed by atoms with van der Waals surface area (Å²) >= 11 is 0. The number of carbonyl (C=O) groups is 2. The molecule has 0 spiro atoms. The van der Waals surface area contributed by atoms with E-state index in [-0.39, 0.29) is 24.8 Å². The maximum absolute atomic E-state index is 12.2. The molecule has 0 radical (unpaired) electrons. The predicted octanol–water partition coefficient (Wildman–Crippen LogP) is 6.07. The summed E-state index contributed by atoms with van der Waals surface area (Å²) in [5, 5.41) is 0. The van der Waals surface area contributed by atoms with Gasteiger partial charge in [-0.05, 0) is 136 Å². The van der Waals surface area contributed by atoms with Gasteiger partial charge >= 0.3 is 11.9 Å². The molecule has 8 aliphatic rings. The van der Waals surface area contributed by atoms with Crippen LogP contribution < -0.4 is 0 Å². The fraction of sp³-hybridized carbons (Fsp3) is 0.929. The lowest BCUT2D eigenvalue weighted by Gasteiger charge is -2.57. The zero-order valence-electron chi connectivity index (χ0n) is 19.8. The first-order chi connectivity index (χ1) is 15.5. The molecule has 0 saturated heterocycles. The van der Waals surface area contributed by atoms with Gasteiger partial charge in [0.15, 0.2) is 0 Å². The molecule has 8 fully saturated rings. The van der Waals surface area contributed by atoms with Crippen LogP contribution >= 0.6 is 0 Å². The zero-order chi connectivity index (χ0) is 21.8. The Hall–Kier alpha value is -1.06. The molecule has 4 nitrogen and oxygen atoms in total. The number of carbonyl (C=O) groups excluding carboxylic acids is 2. The largest absolute Gasteiger partial charge is 0.466 e. The third-order valence-electron chi connectivity index (χ3n) is 10.7. The van der Waals surface area contributed by atoms with E-state index >= 15 is 0 Å². The van der Waals surface area contributed by atoms with Gasteiger partial charge in [0.05, 0.1) is 26.1 Å². The number of hydrogen-bond donors (Lipinski definition) is 0. The van der Waals surface area contributed by atoms with Crippen LogP contribution in [0.25, 0.3) is 0 Å².